The Morgan fingerprint density at radius 2 is 1.89 bits per heavy atom. The van der Waals surface area contributed by atoms with Crippen molar-refractivity contribution in [2.24, 2.45) is 17.6 Å². The summed E-state index contributed by atoms with van der Waals surface area (Å²) in [4.78, 5) is 40.5. The normalized spacial score (nSPS) is 29.4. The SMILES string of the molecule is C=C1c2ccc(CNCOC)c(O)c2C(=O)C2=C(O)[C@]3(O)C(=O)C(C(N)=O)=C(O)C(N(C)C)C3[C@@H](O)[C@H]12. The third-order valence-electron chi connectivity index (χ3n) is 7.39. The standard InChI is InChI=1S/C25H29N3O9/c1-9-11-6-5-10(7-27-8-37-4)18(29)13(11)19(30)14-12(9)20(31)16-17(28(2)3)21(32)15(24(26)35)23(34)25(16,36)22(14)33/h5-6,12,16-17,20,27,29,31-33,36H,1,7-8H2,2-4H3,(H2,26,35)/t12-,16?,17?,20+,25+/m1/s1. The van der Waals surface area contributed by atoms with Gasteiger partial charge in [0.25, 0.3) is 5.91 Å². The van der Waals surface area contributed by atoms with Crippen LogP contribution in [0, 0.1) is 11.8 Å². The number of phenols is 1. The lowest BCUT2D eigenvalue weighted by Crippen LogP contribution is -2.68. The molecular formula is C25H29N3O9. The summed E-state index contributed by atoms with van der Waals surface area (Å²) in [6.07, 6.45) is -1.72. The first-order chi connectivity index (χ1) is 17.3. The summed E-state index contributed by atoms with van der Waals surface area (Å²) in [7, 11) is 4.40. The average molecular weight is 516 g/mol. The lowest BCUT2D eigenvalue weighted by Gasteiger charge is -2.52. The molecule has 3 aliphatic rings. The Morgan fingerprint density at radius 1 is 1.24 bits per heavy atom. The first-order valence-electron chi connectivity index (χ1n) is 11.4. The number of aliphatic hydroxyl groups excluding tert-OH is 3. The number of nitrogens with zero attached hydrogens (tertiary/aromatic N) is 1. The van der Waals surface area contributed by atoms with E-state index in [9.17, 15) is 39.9 Å². The molecule has 198 valence electrons. The molecule has 0 heterocycles. The van der Waals surface area contributed by atoms with Crippen molar-refractivity contribution >= 4 is 23.0 Å². The lowest BCUT2D eigenvalue weighted by atomic mass is 9.56. The van der Waals surface area contributed by atoms with Crippen LogP contribution in [-0.2, 0) is 20.9 Å². The molecule has 0 aliphatic heterocycles. The minimum Gasteiger partial charge on any atom is -0.510 e. The number of carbonyl (C=O) groups is 3. The zero-order valence-electron chi connectivity index (χ0n) is 20.5. The number of nitrogens with one attached hydrogen (secondary N) is 1. The zero-order chi connectivity index (χ0) is 27.6. The quantitative estimate of drug-likeness (QED) is 0.143. The van der Waals surface area contributed by atoms with E-state index in [1.807, 2.05) is 0 Å². The number of rotatable bonds is 6. The highest BCUT2D eigenvalue weighted by Crippen LogP contribution is 2.55. The molecule has 0 fully saturated rings. The van der Waals surface area contributed by atoms with E-state index in [-0.39, 0.29) is 30.0 Å². The van der Waals surface area contributed by atoms with Gasteiger partial charge in [-0.3, -0.25) is 24.6 Å². The maximum atomic E-state index is 13.7. The number of phenolic OH excluding ortho intramolecular Hbond substituents is 1. The Kier molecular flexibility index (Phi) is 6.51. The van der Waals surface area contributed by atoms with E-state index in [4.69, 9.17) is 10.5 Å². The number of aliphatic hydroxyl groups is 4. The number of methoxy groups -OCH3 is 1. The van der Waals surface area contributed by atoms with Crippen LogP contribution in [0.4, 0.5) is 0 Å². The number of benzene rings is 1. The van der Waals surface area contributed by atoms with Crippen molar-refractivity contribution in [3.05, 3.63) is 58.1 Å². The van der Waals surface area contributed by atoms with Gasteiger partial charge < -0.3 is 36.0 Å². The largest absolute Gasteiger partial charge is 0.510 e. The second-order valence-corrected chi connectivity index (χ2v) is 9.59. The Bertz CT molecular complexity index is 1300. The van der Waals surface area contributed by atoms with E-state index in [0.29, 0.717) is 5.56 Å². The second-order valence-electron chi connectivity index (χ2n) is 9.59. The Morgan fingerprint density at radius 3 is 2.46 bits per heavy atom. The van der Waals surface area contributed by atoms with Gasteiger partial charge in [0, 0.05) is 25.1 Å². The topological polar surface area (TPSA) is 203 Å². The molecule has 1 aromatic carbocycles. The number of ketones is 2. The van der Waals surface area contributed by atoms with Crippen molar-refractivity contribution in [3.63, 3.8) is 0 Å². The maximum Gasteiger partial charge on any atom is 0.255 e. The van der Waals surface area contributed by atoms with Crippen molar-refractivity contribution in [2.75, 3.05) is 27.9 Å². The predicted octanol–water partition coefficient (Wildman–Crippen LogP) is -0.744. The van der Waals surface area contributed by atoms with Gasteiger partial charge in [-0.05, 0) is 25.2 Å². The highest BCUT2D eigenvalue weighted by Gasteiger charge is 2.67. The van der Waals surface area contributed by atoms with Crippen LogP contribution in [0.15, 0.2) is 41.4 Å². The summed E-state index contributed by atoms with van der Waals surface area (Å²) < 4.78 is 4.92. The lowest BCUT2D eigenvalue weighted by molar-refractivity contribution is -0.159. The Hall–Kier alpha value is -3.55. The van der Waals surface area contributed by atoms with Crippen LogP contribution in [0.25, 0.3) is 5.57 Å². The highest BCUT2D eigenvalue weighted by atomic mass is 16.5. The third kappa shape index (κ3) is 3.52. The summed E-state index contributed by atoms with van der Waals surface area (Å²) in [5.74, 6) is -8.92. The highest BCUT2D eigenvalue weighted by molar-refractivity contribution is 6.25. The van der Waals surface area contributed by atoms with Gasteiger partial charge in [0.2, 0.25) is 5.78 Å². The minimum atomic E-state index is -2.97. The van der Waals surface area contributed by atoms with Crippen LogP contribution in [0.2, 0.25) is 0 Å². The summed E-state index contributed by atoms with van der Waals surface area (Å²) in [6.45, 7) is 4.28. The number of primary amides is 1. The first-order valence-corrected chi connectivity index (χ1v) is 11.4. The molecule has 4 rings (SSSR count). The van der Waals surface area contributed by atoms with Gasteiger partial charge in [0.15, 0.2) is 11.4 Å². The molecule has 0 radical (unpaired) electrons. The molecule has 3 aliphatic carbocycles. The van der Waals surface area contributed by atoms with Gasteiger partial charge in [0.1, 0.15) is 22.8 Å². The molecule has 8 N–H and O–H groups in total. The fourth-order valence-electron chi connectivity index (χ4n) is 5.73. The van der Waals surface area contributed by atoms with E-state index in [1.165, 1.54) is 26.1 Å². The maximum absolute atomic E-state index is 13.7. The number of ether oxygens (including phenoxy) is 1. The Balaban J connectivity index is 1.97. The molecule has 5 atom stereocenters. The fourth-order valence-corrected chi connectivity index (χ4v) is 5.73. The van der Waals surface area contributed by atoms with Crippen LogP contribution in [-0.4, -0.2) is 93.6 Å². The number of aromatic hydroxyl groups is 1. The monoisotopic (exact) mass is 515 g/mol. The average Bonchev–Trinajstić information content (AvgIpc) is 2.82. The van der Waals surface area contributed by atoms with E-state index in [0.717, 1.165) is 0 Å². The summed E-state index contributed by atoms with van der Waals surface area (Å²) in [5, 5.41) is 59.1. The number of hydrogen-bond acceptors (Lipinski definition) is 11. The van der Waals surface area contributed by atoms with Gasteiger partial charge in [-0.1, -0.05) is 18.7 Å². The number of nitrogens with two attached hydrogens (primary N) is 1. The molecule has 1 aromatic rings. The minimum absolute atomic E-state index is 0.130. The van der Waals surface area contributed by atoms with Crippen LogP contribution in [0.3, 0.4) is 0 Å². The number of carbonyl (C=O) groups excluding carboxylic acids is 3. The first kappa shape index (κ1) is 26.5. The van der Waals surface area contributed by atoms with Gasteiger partial charge in [-0.2, -0.15) is 0 Å². The predicted molar refractivity (Wildman–Crippen MR) is 129 cm³/mol. The van der Waals surface area contributed by atoms with Crippen LogP contribution >= 0.6 is 0 Å². The molecule has 12 nitrogen and oxygen atoms in total. The van der Waals surface area contributed by atoms with Crippen LogP contribution < -0.4 is 11.1 Å². The van der Waals surface area contributed by atoms with E-state index >= 15 is 0 Å². The van der Waals surface area contributed by atoms with E-state index < -0.39 is 75.5 Å². The zero-order valence-corrected chi connectivity index (χ0v) is 20.5. The molecule has 12 heteroatoms. The molecule has 0 spiro atoms. The van der Waals surface area contributed by atoms with Crippen molar-refractivity contribution < 1.29 is 44.7 Å². The molecule has 0 bridgehead atoms. The molecule has 37 heavy (non-hydrogen) atoms. The van der Waals surface area contributed by atoms with Crippen molar-refractivity contribution in [3.8, 4) is 5.75 Å². The third-order valence-corrected chi connectivity index (χ3v) is 7.39. The van der Waals surface area contributed by atoms with Crippen LogP contribution in [0.1, 0.15) is 21.5 Å². The fraction of sp³-hybridized carbons (Fsp3) is 0.400. The summed E-state index contributed by atoms with van der Waals surface area (Å²) in [6, 6.07) is 1.77. The summed E-state index contributed by atoms with van der Waals surface area (Å²) in [5.41, 5.74) is 1.29. The summed E-state index contributed by atoms with van der Waals surface area (Å²) >= 11 is 0. The van der Waals surface area contributed by atoms with Crippen molar-refractivity contribution in [1.29, 1.82) is 0 Å². The second kappa shape index (κ2) is 9.08. The number of fused-ring (bicyclic) bond motifs is 3. The van der Waals surface area contributed by atoms with Gasteiger partial charge in [0.05, 0.1) is 35.9 Å². The Labute approximate surface area is 211 Å². The molecule has 0 aromatic heterocycles. The molecule has 0 saturated carbocycles. The smallest absolute Gasteiger partial charge is 0.255 e. The molecule has 0 saturated heterocycles. The number of likely N-dealkylation sites (N-methyl/N-ethyl adjacent to an activating group) is 1. The number of hydrogen-bond donors (Lipinski definition) is 7. The molecular weight excluding hydrogens is 486 g/mol. The van der Waals surface area contributed by atoms with E-state index in [1.54, 1.807) is 12.1 Å². The van der Waals surface area contributed by atoms with Gasteiger partial charge in [-0.15, -0.1) is 0 Å². The molecule has 1 amide bonds. The molecule has 2 unspecified atom stereocenters. The van der Waals surface area contributed by atoms with Crippen LogP contribution in [0.5, 0.6) is 5.75 Å². The van der Waals surface area contributed by atoms with Crippen molar-refractivity contribution in [2.45, 2.75) is 24.3 Å². The van der Waals surface area contributed by atoms with Crippen molar-refractivity contribution in [1.82, 2.24) is 10.2 Å². The number of amides is 1. The van der Waals surface area contributed by atoms with Gasteiger partial charge >= 0.3 is 0 Å². The van der Waals surface area contributed by atoms with Gasteiger partial charge in [-0.25, -0.2) is 0 Å². The van der Waals surface area contributed by atoms with E-state index in [2.05, 4.69) is 11.9 Å². The number of Topliss-reactive ketones (excluding diaryl/α,β-unsaturated/α-hetero) is 2.